The minimum atomic E-state index is -0.272. The fraction of sp³-hybridized carbons (Fsp3) is 0.238. The van der Waals surface area contributed by atoms with Gasteiger partial charge in [0.15, 0.2) is 11.5 Å². The summed E-state index contributed by atoms with van der Waals surface area (Å²) in [5.41, 5.74) is 2.58. The molecule has 8 heteroatoms. The van der Waals surface area contributed by atoms with Gasteiger partial charge in [-0.05, 0) is 35.9 Å². The molecule has 0 aliphatic heterocycles. The highest BCUT2D eigenvalue weighted by Gasteiger charge is 2.15. The lowest BCUT2D eigenvalue weighted by molar-refractivity contribution is 0.0946. The first-order valence-corrected chi connectivity index (χ1v) is 8.86. The van der Waals surface area contributed by atoms with Crippen molar-refractivity contribution in [3.63, 3.8) is 0 Å². The van der Waals surface area contributed by atoms with Gasteiger partial charge in [-0.3, -0.25) is 9.89 Å². The van der Waals surface area contributed by atoms with E-state index >= 15 is 0 Å². The van der Waals surface area contributed by atoms with Crippen LogP contribution in [0.3, 0.4) is 0 Å². The molecule has 3 aromatic rings. The molecule has 1 aromatic heterocycles. The lowest BCUT2D eigenvalue weighted by Crippen LogP contribution is -2.23. The molecule has 2 N–H and O–H groups in total. The number of nitrogens with one attached hydrogen (secondary N) is 2. The van der Waals surface area contributed by atoms with Crippen molar-refractivity contribution in [1.82, 2.24) is 15.5 Å². The number of methoxy groups -OCH3 is 4. The number of hydrogen-bond acceptors (Lipinski definition) is 6. The Labute approximate surface area is 168 Å². The Kier molecular flexibility index (Phi) is 6.23. The van der Waals surface area contributed by atoms with Gasteiger partial charge in [0.2, 0.25) is 0 Å². The van der Waals surface area contributed by atoms with Crippen LogP contribution in [0.2, 0.25) is 0 Å². The summed E-state index contributed by atoms with van der Waals surface area (Å²) in [6.07, 6.45) is 0. The van der Waals surface area contributed by atoms with Crippen LogP contribution in [0.25, 0.3) is 11.3 Å². The molecule has 0 fully saturated rings. The first-order valence-electron chi connectivity index (χ1n) is 8.86. The Morgan fingerprint density at radius 1 is 0.897 bits per heavy atom. The maximum Gasteiger partial charge on any atom is 0.269 e. The number of carbonyl (C=O) groups is 1. The van der Waals surface area contributed by atoms with E-state index in [0.717, 1.165) is 11.1 Å². The number of nitrogens with zero attached hydrogens (tertiary/aromatic N) is 1. The lowest BCUT2D eigenvalue weighted by Gasteiger charge is -2.10. The maximum absolute atomic E-state index is 12.5. The van der Waals surface area contributed by atoms with Crippen molar-refractivity contribution in [3.8, 4) is 34.3 Å². The zero-order chi connectivity index (χ0) is 20.8. The summed E-state index contributed by atoms with van der Waals surface area (Å²) in [5.74, 6) is 2.25. The van der Waals surface area contributed by atoms with Crippen molar-refractivity contribution in [2.45, 2.75) is 6.54 Å². The fourth-order valence-corrected chi connectivity index (χ4v) is 2.85. The molecule has 29 heavy (non-hydrogen) atoms. The van der Waals surface area contributed by atoms with Gasteiger partial charge in [-0.1, -0.05) is 6.07 Å². The van der Waals surface area contributed by atoms with Crippen LogP contribution in [-0.4, -0.2) is 44.5 Å². The van der Waals surface area contributed by atoms with Gasteiger partial charge in [0.25, 0.3) is 5.91 Å². The van der Waals surface area contributed by atoms with Crippen molar-refractivity contribution < 1.29 is 23.7 Å². The van der Waals surface area contributed by atoms with E-state index in [-0.39, 0.29) is 5.91 Å². The van der Waals surface area contributed by atoms with E-state index in [0.29, 0.717) is 40.9 Å². The Bertz CT molecular complexity index is 1000. The number of amides is 1. The molecule has 0 unspecified atom stereocenters. The fourth-order valence-electron chi connectivity index (χ4n) is 2.85. The van der Waals surface area contributed by atoms with Crippen LogP contribution in [0.5, 0.6) is 23.0 Å². The molecule has 0 aliphatic rings. The first kappa shape index (κ1) is 20.1. The van der Waals surface area contributed by atoms with E-state index in [2.05, 4.69) is 15.5 Å². The van der Waals surface area contributed by atoms with Gasteiger partial charge in [0.1, 0.15) is 17.2 Å². The molecular formula is C21H23N3O5. The zero-order valence-electron chi connectivity index (χ0n) is 16.7. The minimum absolute atomic E-state index is 0.272. The number of aromatic nitrogens is 2. The van der Waals surface area contributed by atoms with Gasteiger partial charge in [-0.25, -0.2) is 0 Å². The smallest absolute Gasteiger partial charge is 0.269 e. The summed E-state index contributed by atoms with van der Waals surface area (Å²) < 4.78 is 21.1. The number of benzene rings is 2. The van der Waals surface area contributed by atoms with E-state index in [9.17, 15) is 4.79 Å². The van der Waals surface area contributed by atoms with E-state index in [4.69, 9.17) is 18.9 Å². The maximum atomic E-state index is 12.5. The van der Waals surface area contributed by atoms with Crippen LogP contribution in [0.15, 0.2) is 42.5 Å². The number of ether oxygens (including phenoxy) is 4. The Morgan fingerprint density at radius 2 is 1.66 bits per heavy atom. The van der Waals surface area contributed by atoms with Crippen molar-refractivity contribution in [2.75, 3.05) is 28.4 Å². The molecule has 2 aromatic carbocycles. The van der Waals surface area contributed by atoms with Crippen LogP contribution in [0, 0.1) is 0 Å². The molecule has 0 radical (unpaired) electrons. The molecule has 0 saturated carbocycles. The first-order chi connectivity index (χ1) is 14.1. The highest BCUT2D eigenvalue weighted by molar-refractivity contribution is 5.93. The third kappa shape index (κ3) is 4.43. The van der Waals surface area contributed by atoms with Gasteiger partial charge in [-0.2, -0.15) is 5.10 Å². The van der Waals surface area contributed by atoms with E-state index in [1.165, 1.54) is 0 Å². The molecule has 8 nitrogen and oxygen atoms in total. The highest BCUT2D eigenvalue weighted by atomic mass is 16.5. The molecule has 1 heterocycles. The standard InChI is InChI=1S/C21H23N3O5/c1-26-14-6-7-15(19(10-14)28-3)16-11-17(24-23-16)21(25)22-12-13-5-8-18(27-2)20(9-13)29-4/h5-11H,12H2,1-4H3,(H,22,25)(H,23,24). The summed E-state index contributed by atoms with van der Waals surface area (Å²) in [6, 6.07) is 12.6. The van der Waals surface area contributed by atoms with Gasteiger partial charge in [-0.15, -0.1) is 0 Å². The normalized spacial score (nSPS) is 10.3. The van der Waals surface area contributed by atoms with Crippen molar-refractivity contribution >= 4 is 5.91 Å². The SMILES string of the molecule is COc1ccc(-c2cc(C(=O)NCc3ccc(OC)c(OC)c3)[nH]n2)c(OC)c1. The average molecular weight is 397 g/mol. The predicted octanol–water partition coefficient (Wildman–Crippen LogP) is 3.04. The lowest BCUT2D eigenvalue weighted by atomic mass is 10.1. The summed E-state index contributed by atoms with van der Waals surface area (Å²) in [7, 11) is 6.30. The summed E-state index contributed by atoms with van der Waals surface area (Å²) >= 11 is 0. The second kappa shape index (κ2) is 9.01. The topological polar surface area (TPSA) is 94.7 Å². The Balaban J connectivity index is 1.72. The van der Waals surface area contributed by atoms with Gasteiger partial charge in [0.05, 0.1) is 34.1 Å². The molecule has 0 atom stereocenters. The molecule has 0 bridgehead atoms. The monoisotopic (exact) mass is 397 g/mol. The van der Waals surface area contributed by atoms with Crippen molar-refractivity contribution in [2.24, 2.45) is 0 Å². The quantitative estimate of drug-likeness (QED) is 0.607. The third-order valence-corrected chi connectivity index (χ3v) is 4.41. The third-order valence-electron chi connectivity index (χ3n) is 4.41. The number of hydrogen-bond donors (Lipinski definition) is 2. The summed E-state index contributed by atoms with van der Waals surface area (Å²) in [5, 5.41) is 9.86. The molecule has 3 rings (SSSR count). The predicted molar refractivity (Wildman–Crippen MR) is 108 cm³/mol. The van der Waals surface area contributed by atoms with Crippen LogP contribution < -0.4 is 24.3 Å². The van der Waals surface area contributed by atoms with Gasteiger partial charge in [0, 0.05) is 18.2 Å². The molecule has 0 aliphatic carbocycles. The summed E-state index contributed by atoms with van der Waals surface area (Å²) in [4.78, 5) is 12.5. The van der Waals surface area contributed by atoms with E-state index in [1.54, 1.807) is 46.6 Å². The minimum Gasteiger partial charge on any atom is -0.497 e. The van der Waals surface area contributed by atoms with Crippen molar-refractivity contribution in [1.29, 1.82) is 0 Å². The second-order valence-corrected chi connectivity index (χ2v) is 6.11. The van der Waals surface area contributed by atoms with Crippen LogP contribution in [0.4, 0.5) is 0 Å². The number of aromatic amines is 1. The van der Waals surface area contributed by atoms with E-state index < -0.39 is 0 Å². The average Bonchev–Trinajstić information content (AvgIpc) is 3.26. The largest absolute Gasteiger partial charge is 0.497 e. The van der Waals surface area contributed by atoms with Gasteiger partial charge >= 0.3 is 0 Å². The number of rotatable bonds is 8. The van der Waals surface area contributed by atoms with Crippen LogP contribution >= 0.6 is 0 Å². The van der Waals surface area contributed by atoms with Crippen LogP contribution in [0.1, 0.15) is 16.1 Å². The molecule has 1 amide bonds. The Hall–Kier alpha value is -3.68. The molecular weight excluding hydrogens is 374 g/mol. The highest BCUT2D eigenvalue weighted by Crippen LogP contribution is 2.32. The number of H-pyrrole nitrogens is 1. The summed E-state index contributed by atoms with van der Waals surface area (Å²) in [6.45, 7) is 0.333. The van der Waals surface area contributed by atoms with Gasteiger partial charge < -0.3 is 24.3 Å². The molecule has 0 spiro atoms. The molecule has 0 saturated heterocycles. The van der Waals surface area contributed by atoms with Crippen LogP contribution in [-0.2, 0) is 6.54 Å². The zero-order valence-corrected chi connectivity index (χ0v) is 16.7. The second-order valence-electron chi connectivity index (χ2n) is 6.11. The molecule has 152 valence electrons. The van der Waals surface area contributed by atoms with E-state index in [1.807, 2.05) is 24.3 Å². The Morgan fingerprint density at radius 3 is 2.34 bits per heavy atom. The van der Waals surface area contributed by atoms with Crippen molar-refractivity contribution in [3.05, 3.63) is 53.7 Å². The number of carbonyl (C=O) groups excluding carboxylic acids is 1.